The number of aryl methyl sites for hydroxylation is 2. The molecule has 0 aliphatic heterocycles. The topological polar surface area (TPSA) is 35.0 Å². The van der Waals surface area contributed by atoms with E-state index in [0.29, 0.717) is 15.9 Å². The van der Waals surface area contributed by atoms with Gasteiger partial charge in [0, 0.05) is 15.9 Å². The van der Waals surface area contributed by atoms with E-state index in [1.165, 1.54) is 6.07 Å². The Hall–Kier alpha value is -1.56. The Kier molecular flexibility index (Phi) is 3.56. The van der Waals surface area contributed by atoms with Gasteiger partial charge in [0.05, 0.1) is 0 Å². The first kappa shape index (κ1) is 12.9. The van der Waals surface area contributed by atoms with Crippen LogP contribution in [0.4, 0.5) is 8.78 Å². The van der Waals surface area contributed by atoms with Crippen LogP contribution in [-0.2, 0) is 0 Å². The lowest BCUT2D eigenvalue weighted by atomic mass is 10.3. The van der Waals surface area contributed by atoms with Crippen molar-refractivity contribution in [2.75, 3.05) is 0 Å². The molecule has 3 nitrogen and oxygen atoms in total. The number of halogens is 3. The molecule has 6 heteroatoms. The second-order valence-electron chi connectivity index (χ2n) is 3.74. The number of hydrogen-bond acceptors (Lipinski definition) is 3. The Morgan fingerprint density at radius 2 is 1.67 bits per heavy atom. The van der Waals surface area contributed by atoms with Crippen LogP contribution < -0.4 is 4.74 Å². The summed E-state index contributed by atoms with van der Waals surface area (Å²) in [5.41, 5.74) is 1.38. The minimum atomic E-state index is -1.07. The summed E-state index contributed by atoms with van der Waals surface area (Å²) in [7, 11) is 0. The zero-order valence-electron chi connectivity index (χ0n) is 9.67. The summed E-state index contributed by atoms with van der Waals surface area (Å²) in [5.74, 6) is -2.32. The average molecular weight is 315 g/mol. The minimum Gasteiger partial charge on any atom is -0.421 e. The van der Waals surface area contributed by atoms with Crippen LogP contribution in [0.5, 0.6) is 11.8 Å². The Morgan fingerprint density at radius 3 is 2.28 bits per heavy atom. The predicted molar refractivity (Wildman–Crippen MR) is 65.6 cm³/mol. The van der Waals surface area contributed by atoms with Crippen LogP contribution in [-0.4, -0.2) is 9.97 Å². The number of hydrogen-bond donors (Lipinski definition) is 0. The van der Waals surface area contributed by atoms with E-state index in [2.05, 4.69) is 25.9 Å². The maximum atomic E-state index is 13.5. The molecule has 94 valence electrons. The normalized spacial score (nSPS) is 10.5. The van der Waals surface area contributed by atoms with Gasteiger partial charge in [0.25, 0.3) is 0 Å². The van der Waals surface area contributed by atoms with Gasteiger partial charge in [0.2, 0.25) is 5.82 Å². The van der Waals surface area contributed by atoms with Gasteiger partial charge in [-0.1, -0.05) is 15.9 Å². The molecule has 0 N–H and O–H groups in total. The van der Waals surface area contributed by atoms with Crippen molar-refractivity contribution in [3.63, 3.8) is 0 Å². The van der Waals surface area contributed by atoms with Gasteiger partial charge < -0.3 is 4.74 Å². The van der Waals surface area contributed by atoms with Gasteiger partial charge in [0.15, 0.2) is 11.6 Å². The Balaban J connectivity index is 2.39. The first-order chi connectivity index (χ1) is 8.45. The molecule has 18 heavy (non-hydrogen) atoms. The molecule has 0 radical (unpaired) electrons. The van der Waals surface area contributed by atoms with Crippen LogP contribution in [0.3, 0.4) is 0 Å². The quantitative estimate of drug-likeness (QED) is 0.788. The van der Waals surface area contributed by atoms with Crippen LogP contribution in [0.15, 0.2) is 22.7 Å². The number of benzene rings is 1. The highest BCUT2D eigenvalue weighted by atomic mass is 79.9. The van der Waals surface area contributed by atoms with Crippen molar-refractivity contribution in [3.05, 3.63) is 45.7 Å². The third-order valence-electron chi connectivity index (χ3n) is 2.12. The predicted octanol–water partition coefficient (Wildman–Crippen LogP) is 3.93. The summed E-state index contributed by atoms with van der Waals surface area (Å²) in [6, 6.07) is 4.08. The SMILES string of the molecule is Cc1cc(C)nc(Oc2cc(Br)cc(F)c2F)n1. The summed E-state index contributed by atoms with van der Waals surface area (Å²) >= 11 is 3.06. The highest BCUT2D eigenvalue weighted by molar-refractivity contribution is 9.10. The van der Waals surface area contributed by atoms with Gasteiger partial charge in [-0.15, -0.1) is 0 Å². The number of ether oxygens (including phenoxy) is 1. The van der Waals surface area contributed by atoms with Gasteiger partial charge in [-0.25, -0.2) is 14.4 Å². The molecule has 0 saturated carbocycles. The molecule has 2 aromatic rings. The van der Waals surface area contributed by atoms with Crippen molar-refractivity contribution in [2.45, 2.75) is 13.8 Å². The van der Waals surface area contributed by atoms with Gasteiger partial charge >= 0.3 is 6.01 Å². The molecule has 0 fully saturated rings. The molecule has 0 bridgehead atoms. The molecule has 1 heterocycles. The third-order valence-corrected chi connectivity index (χ3v) is 2.58. The van der Waals surface area contributed by atoms with E-state index >= 15 is 0 Å². The standard InChI is InChI=1S/C12H9BrF2N2O/c1-6-3-7(2)17-12(16-6)18-10-5-8(13)4-9(14)11(10)15/h3-5H,1-2H3. The summed E-state index contributed by atoms with van der Waals surface area (Å²) in [6.07, 6.45) is 0. The minimum absolute atomic E-state index is 0.0103. The Bertz CT molecular complexity index is 585. The van der Waals surface area contributed by atoms with E-state index in [1.807, 2.05) is 0 Å². The van der Waals surface area contributed by atoms with Crippen LogP contribution in [0.2, 0.25) is 0 Å². The van der Waals surface area contributed by atoms with E-state index in [4.69, 9.17) is 4.74 Å². The summed E-state index contributed by atoms with van der Waals surface area (Å²) in [5, 5.41) is 0. The van der Waals surface area contributed by atoms with Crippen LogP contribution in [0.1, 0.15) is 11.4 Å². The molecule has 0 unspecified atom stereocenters. The first-order valence-corrected chi connectivity index (χ1v) is 5.89. The summed E-state index contributed by atoms with van der Waals surface area (Å²) in [4.78, 5) is 7.98. The fraction of sp³-hybridized carbons (Fsp3) is 0.167. The zero-order chi connectivity index (χ0) is 13.3. The van der Waals surface area contributed by atoms with Gasteiger partial charge in [-0.2, -0.15) is 4.39 Å². The lowest BCUT2D eigenvalue weighted by molar-refractivity contribution is 0.391. The number of nitrogens with zero attached hydrogens (tertiary/aromatic N) is 2. The van der Waals surface area contributed by atoms with Crippen molar-refractivity contribution in [1.82, 2.24) is 9.97 Å². The maximum Gasteiger partial charge on any atom is 0.322 e. The largest absolute Gasteiger partial charge is 0.421 e. The van der Waals surface area contributed by atoms with Crippen molar-refractivity contribution in [2.24, 2.45) is 0 Å². The lowest BCUT2D eigenvalue weighted by Crippen LogP contribution is -1.98. The molecular formula is C12H9BrF2N2O. The smallest absolute Gasteiger partial charge is 0.322 e. The Labute approximate surface area is 111 Å². The molecule has 0 aliphatic rings. The molecule has 0 aliphatic carbocycles. The molecule has 1 aromatic carbocycles. The van der Waals surface area contributed by atoms with Gasteiger partial charge in [0.1, 0.15) is 0 Å². The van der Waals surface area contributed by atoms with Crippen LogP contribution >= 0.6 is 15.9 Å². The maximum absolute atomic E-state index is 13.5. The fourth-order valence-electron chi connectivity index (χ4n) is 1.44. The molecular weight excluding hydrogens is 306 g/mol. The fourth-order valence-corrected chi connectivity index (χ4v) is 1.85. The average Bonchev–Trinajstić information content (AvgIpc) is 2.23. The van der Waals surface area contributed by atoms with Crippen molar-refractivity contribution < 1.29 is 13.5 Å². The highest BCUT2D eigenvalue weighted by Gasteiger charge is 2.13. The monoisotopic (exact) mass is 314 g/mol. The van der Waals surface area contributed by atoms with E-state index in [0.717, 1.165) is 6.07 Å². The Morgan fingerprint density at radius 1 is 1.06 bits per heavy atom. The lowest BCUT2D eigenvalue weighted by Gasteiger charge is -2.07. The molecule has 0 atom stereocenters. The molecule has 2 rings (SSSR count). The van der Waals surface area contributed by atoms with Gasteiger partial charge in [-0.05, 0) is 32.0 Å². The van der Waals surface area contributed by atoms with Crippen molar-refractivity contribution >= 4 is 15.9 Å². The van der Waals surface area contributed by atoms with E-state index < -0.39 is 11.6 Å². The van der Waals surface area contributed by atoms with E-state index in [9.17, 15) is 8.78 Å². The van der Waals surface area contributed by atoms with Gasteiger partial charge in [-0.3, -0.25) is 0 Å². The number of rotatable bonds is 2. The molecule has 0 spiro atoms. The second-order valence-corrected chi connectivity index (χ2v) is 4.65. The van der Waals surface area contributed by atoms with Crippen molar-refractivity contribution in [1.29, 1.82) is 0 Å². The first-order valence-electron chi connectivity index (χ1n) is 5.10. The van der Waals surface area contributed by atoms with E-state index in [-0.39, 0.29) is 11.8 Å². The van der Waals surface area contributed by atoms with Crippen LogP contribution in [0.25, 0.3) is 0 Å². The number of aromatic nitrogens is 2. The highest BCUT2D eigenvalue weighted by Crippen LogP contribution is 2.28. The molecule has 0 amide bonds. The summed E-state index contributed by atoms with van der Waals surface area (Å²) < 4.78 is 32.2. The zero-order valence-corrected chi connectivity index (χ0v) is 11.3. The summed E-state index contributed by atoms with van der Waals surface area (Å²) in [6.45, 7) is 3.53. The molecule has 0 saturated heterocycles. The second kappa shape index (κ2) is 4.97. The van der Waals surface area contributed by atoms with Crippen molar-refractivity contribution in [3.8, 4) is 11.8 Å². The third kappa shape index (κ3) is 2.81. The molecule has 1 aromatic heterocycles. The van der Waals surface area contributed by atoms with Crippen LogP contribution in [0, 0.1) is 25.5 Å². The van der Waals surface area contributed by atoms with E-state index in [1.54, 1.807) is 19.9 Å².